The molecule has 10 N–H and O–H groups in total. The van der Waals surface area contributed by atoms with Crippen LogP contribution in [0.2, 0.25) is 0 Å². The van der Waals surface area contributed by atoms with E-state index in [1.807, 2.05) is 27.7 Å². The first-order chi connectivity index (χ1) is 23.5. The number of fused-ring (bicyclic) bond motifs is 3. The third-order valence-corrected chi connectivity index (χ3v) is 8.51. The molecule has 18 nitrogen and oxygen atoms in total. The van der Waals surface area contributed by atoms with Crippen molar-refractivity contribution < 1.29 is 40.9 Å². The maximum Gasteiger partial charge on any atom is 0.349 e. The molecule has 0 saturated heterocycles. The van der Waals surface area contributed by atoms with Crippen LogP contribution in [0.5, 0.6) is 0 Å². The molecule has 270 valence electrons. The lowest BCUT2D eigenvalue weighted by molar-refractivity contribution is -0.0805. The molecule has 0 aliphatic carbocycles. The predicted molar refractivity (Wildman–Crippen MR) is 179 cm³/mol. The van der Waals surface area contributed by atoms with Crippen molar-refractivity contribution in [3.05, 3.63) is 88.1 Å². The Hall–Kier alpha value is -4.66. The summed E-state index contributed by atoms with van der Waals surface area (Å²) >= 11 is 0. The molecule has 0 fully saturated rings. The lowest BCUT2D eigenvalue weighted by Crippen LogP contribution is -2.45. The number of aromatic nitrogens is 6. The monoisotopic (exact) mass is 700 g/mol. The maximum absolute atomic E-state index is 12.2. The highest BCUT2D eigenvalue weighted by atomic mass is 16.4. The SMILES string of the molecule is Cc1cc2[nH]c(=O)c(=O)n(C[C@H](O)[C@H](O)[C@H](O)CO)c2cc1C.Cc1cc2nc3c(=O)[nH]c(=O)nc-3n(C[C@H](O)[C@H](O)[C@H](O)CO)c2cc1C. The van der Waals surface area contributed by atoms with Crippen LogP contribution in [-0.4, -0.2) is 120 Å². The summed E-state index contributed by atoms with van der Waals surface area (Å²) in [4.78, 5) is 60.3. The van der Waals surface area contributed by atoms with Crippen LogP contribution >= 0.6 is 0 Å². The van der Waals surface area contributed by atoms with Crippen molar-refractivity contribution in [1.29, 1.82) is 0 Å². The van der Waals surface area contributed by atoms with Gasteiger partial charge in [-0.25, -0.2) is 9.78 Å². The highest BCUT2D eigenvalue weighted by Gasteiger charge is 2.28. The fourth-order valence-electron chi connectivity index (χ4n) is 5.27. The number of nitrogens with zero attached hydrogens (tertiary/aromatic N) is 4. The van der Waals surface area contributed by atoms with Crippen LogP contribution in [0, 0.1) is 27.7 Å². The van der Waals surface area contributed by atoms with Crippen molar-refractivity contribution in [2.24, 2.45) is 0 Å². The number of rotatable bonds is 10. The normalized spacial score (nSPS) is 15.4. The molecule has 6 atom stereocenters. The molecule has 18 heteroatoms. The van der Waals surface area contributed by atoms with Gasteiger partial charge in [-0.05, 0) is 74.2 Å². The van der Waals surface area contributed by atoms with E-state index in [1.54, 1.807) is 24.3 Å². The van der Waals surface area contributed by atoms with Crippen LogP contribution in [0.1, 0.15) is 22.3 Å². The lowest BCUT2D eigenvalue weighted by Gasteiger charge is -2.25. The van der Waals surface area contributed by atoms with Gasteiger partial charge in [0, 0.05) is 0 Å². The topological polar surface area (TPSA) is 297 Å². The van der Waals surface area contributed by atoms with E-state index in [0.29, 0.717) is 22.1 Å². The van der Waals surface area contributed by atoms with E-state index in [0.717, 1.165) is 26.8 Å². The molecule has 50 heavy (non-hydrogen) atoms. The highest BCUT2D eigenvalue weighted by Crippen LogP contribution is 2.24. The van der Waals surface area contributed by atoms with E-state index in [4.69, 9.17) is 10.2 Å². The van der Waals surface area contributed by atoms with Gasteiger partial charge in [-0.3, -0.25) is 23.9 Å². The van der Waals surface area contributed by atoms with Crippen molar-refractivity contribution in [3.63, 3.8) is 0 Å². The van der Waals surface area contributed by atoms with Crippen LogP contribution in [-0.2, 0) is 13.1 Å². The standard InChI is InChI=1S/C17H20N4O6.C15H20N2O6/c1-7-3-9-10(4-8(7)2)21(5-11(23)14(25)12(24)6-22)15-13(18-9)16(26)20-17(27)19-15;1-7-3-9-10(4-8(7)2)17(15(23)14(22)16-9)5-11(19)13(21)12(20)6-18/h3-4,11-12,14,22-25H,5-6H2,1-2H3,(H,20,26,27);3-4,11-13,18-21H,5-6H2,1-2H3,(H,16,22)/t11-,12+,14-;11-,12+,13-/m00/s1. The number of aliphatic hydroxyl groups excluding tert-OH is 8. The van der Waals surface area contributed by atoms with E-state index < -0.39 is 72.2 Å². The van der Waals surface area contributed by atoms with E-state index in [1.165, 1.54) is 4.57 Å². The molecule has 0 bridgehead atoms. The summed E-state index contributed by atoms with van der Waals surface area (Å²) in [6.45, 7) is 5.31. The molecule has 0 radical (unpaired) electrons. The summed E-state index contributed by atoms with van der Waals surface area (Å²) < 4.78 is 2.46. The summed E-state index contributed by atoms with van der Waals surface area (Å²) in [5.41, 5.74) is 2.06. The van der Waals surface area contributed by atoms with Crippen molar-refractivity contribution in [2.75, 3.05) is 13.2 Å². The summed E-state index contributed by atoms with van der Waals surface area (Å²) in [6.07, 6.45) is -9.40. The van der Waals surface area contributed by atoms with Gasteiger partial charge in [0.25, 0.3) is 5.56 Å². The number of aromatic amines is 2. The molecule has 0 saturated carbocycles. The average molecular weight is 701 g/mol. The quantitative estimate of drug-likeness (QED) is 0.0503. The molecule has 2 aliphatic rings. The molecule has 3 heterocycles. The summed E-state index contributed by atoms with van der Waals surface area (Å²) in [7, 11) is 0. The number of aliphatic hydroxyl groups is 8. The maximum atomic E-state index is 12.2. The average Bonchev–Trinajstić information content (AvgIpc) is 3.07. The molecule has 1 aromatic heterocycles. The van der Waals surface area contributed by atoms with Gasteiger partial charge in [0.2, 0.25) is 0 Å². The van der Waals surface area contributed by atoms with Crippen LogP contribution in [0.4, 0.5) is 0 Å². The second-order valence-electron chi connectivity index (χ2n) is 12.1. The van der Waals surface area contributed by atoms with Crippen LogP contribution in [0.25, 0.3) is 33.6 Å². The summed E-state index contributed by atoms with van der Waals surface area (Å²) in [6, 6.07) is 6.94. The lowest BCUT2D eigenvalue weighted by atomic mass is 10.1. The molecule has 0 unspecified atom stereocenters. The largest absolute Gasteiger partial charge is 0.394 e. The molecular formula is C32H40N6O12. The Morgan fingerprint density at radius 2 is 1.12 bits per heavy atom. The minimum Gasteiger partial charge on any atom is -0.394 e. The van der Waals surface area contributed by atoms with Gasteiger partial charge in [-0.15, -0.1) is 0 Å². The Morgan fingerprint density at radius 3 is 1.68 bits per heavy atom. The number of benzene rings is 2. The molecular weight excluding hydrogens is 660 g/mol. The highest BCUT2D eigenvalue weighted by molar-refractivity contribution is 5.81. The molecule has 0 spiro atoms. The molecule has 5 rings (SSSR count). The van der Waals surface area contributed by atoms with E-state index in [2.05, 4.69) is 19.9 Å². The first-order valence-electron chi connectivity index (χ1n) is 15.4. The Balaban J connectivity index is 0.000000228. The second-order valence-corrected chi connectivity index (χ2v) is 12.1. The van der Waals surface area contributed by atoms with E-state index in [-0.39, 0.29) is 24.6 Å². The van der Waals surface area contributed by atoms with E-state index in [9.17, 15) is 49.8 Å². The number of nitrogens with one attached hydrogen (secondary N) is 2. The first kappa shape index (κ1) is 38.1. The second kappa shape index (κ2) is 15.5. The van der Waals surface area contributed by atoms with Crippen molar-refractivity contribution in [3.8, 4) is 11.5 Å². The van der Waals surface area contributed by atoms with Crippen molar-refractivity contribution in [1.82, 2.24) is 29.1 Å². The fourth-order valence-corrected chi connectivity index (χ4v) is 5.27. The number of aryl methyl sites for hydroxylation is 4. The first-order valence-corrected chi connectivity index (χ1v) is 15.4. The third-order valence-electron chi connectivity index (χ3n) is 8.51. The summed E-state index contributed by atoms with van der Waals surface area (Å²) in [5.74, 6) is -0.0516. The zero-order valence-corrected chi connectivity index (χ0v) is 27.6. The smallest absolute Gasteiger partial charge is 0.349 e. The Kier molecular flexibility index (Phi) is 11.8. The summed E-state index contributed by atoms with van der Waals surface area (Å²) in [5, 5.41) is 76.7. The van der Waals surface area contributed by atoms with E-state index >= 15 is 0 Å². The van der Waals surface area contributed by atoms with Crippen molar-refractivity contribution in [2.45, 2.75) is 77.4 Å². The Bertz CT molecular complexity index is 2210. The molecule has 0 amide bonds. The fraction of sp³-hybridized carbons (Fsp3) is 0.438. The number of H-pyrrole nitrogens is 2. The van der Waals surface area contributed by atoms with Gasteiger partial charge >= 0.3 is 16.8 Å². The predicted octanol–water partition coefficient (Wildman–Crippen LogP) is -3.34. The number of hydrogen-bond acceptors (Lipinski definition) is 14. The van der Waals surface area contributed by atoms with Gasteiger partial charge in [0.15, 0.2) is 11.5 Å². The van der Waals surface area contributed by atoms with Gasteiger partial charge < -0.3 is 50.4 Å². The zero-order chi connectivity index (χ0) is 37.2. The molecule has 2 aromatic carbocycles. The van der Waals surface area contributed by atoms with Gasteiger partial charge in [-0.2, -0.15) is 4.98 Å². The van der Waals surface area contributed by atoms with Gasteiger partial charge in [0.1, 0.15) is 36.6 Å². The van der Waals surface area contributed by atoms with Gasteiger partial charge in [0.05, 0.1) is 48.4 Å². The Labute approximate surface area is 282 Å². The van der Waals surface area contributed by atoms with Crippen LogP contribution < -0.4 is 22.4 Å². The van der Waals surface area contributed by atoms with Crippen LogP contribution in [0.3, 0.4) is 0 Å². The minimum absolute atomic E-state index is 0.0516. The molecule has 3 aromatic rings. The zero-order valence-electron chi connectivity index (χ0n) is 27.6. The molecule has 2 aliphatic heterocycles. The minimum atomic E-state index is -1.65. The van der Waals surface area contributed by atoms with Crippen molar-refractivity contribution >= 4 is 22.1 Å². The van der Waals surface area contributed by atoms with Crippen LogP contribution in [0.15, 0.2) is 43.4 Å². The number of hydrogen-bond donors (Lipinski definition) is 10. The van der Waals surface area contributed by atoms with Gasteiger partial charge in [-0.1, -0.05) is 0 Å². The third kappa shape index (κ3) is 7.87. The Morgan fingerprint density at radius 1 is 0.620 bits per heavy atom.